The number of azo groups is 3. The second kappa shape index (κ2) is 19.2. The molecule has 334 valence electrons. The summed E-state index contributed by atoms with van der Waals surface area (Å²) in [4.78, 5) is -0.355. The summed E-state index contributed by atoms with van der Waals surface area (Å²) in [5, 5.41) is 40.6. The normalized spacial score (nSPS) is 12.6. The second-order valence-corrected chi connectivity index (χ2v) is 17.9. The van der Waals surface area contributed by atoms with E-state index in [0.29, 0.717) is 28.8 Å². The van der Waals surface area contributed by atoms with E-state index in [4.69, 9.17) is 11.5 Å². The summed E-state index contributed by atoms with van der Waals surface area (Å²) in [5.74, 6) is -0.967. The number of hydrogen-bond acceptors (Lipinski definition) is 18. The molecular formula is C40H41N11O10S3. The molecule has 0 bridgehead atoms. The minimum absolute atomic E-state index is 0.102. The summed E-state index contributed by atoms with van der Waals surface area (Å²) in [6, 6.07) is 24.5. The van der Waals surface area contributed by atoms with Crippen molar-refractivity contribution in [2.75, 3.05) is 48.3 Å². The fourth-order valence-electron chi connectivity index (χ4n) is 6.24. The van der Waals surface area contributed by atoms with Crippen molar-refractivity contribution in [2.24, 2.45) is 30.7 Å². The fourth-order valence-corrected chi connectivity index (χ4v) is 8.23. The Bertz CT molecular complexity index is 3150. The van der Waals surface area contributed by atoms with Crippen LogP contribution in [-0.4, -0.2) is 75.1 Å². The highest BCUT2D eigenvalue weighted by atomic mass is 32.2. The zero-order chi connectivity index (χ0) is 46.4. The van der Waals surface area contributed by atoms with Gasteiger partial charge in [-0.15, -0.1) is 15.3 Å². The number of aromatic hydroxyl groups is 1. The van der Waals surface area contributed by atoms with Gasteiger partial charge < -0.3 is 32.1 Å². The van der Waals surface area contributed by atoms with Gasteiger partial charge in [0.1, 0.15) is 31.7 Å². The standard InChI is InChI=1S/C40H41N11O10S3/c1-3-51(4-2)19-18-43-28-14-16-31(30(41)22-28)48-45-27-12-10-25(11-13-27)44-32-17-15-29(23-33(32)62(53,54)55)47-49-38-34(63(56,57)58)20-24-21-35(64(59,60)61)39(40(52)36(24)37(38)42)50-46-26-8-6-5-7-9-26/h5-17,20-23,43-44,52H,3-4,18-19,41-42H2,1-2H3,(H,53,54,55)(H,56,57,58)(H,59,60,61). The van der Waals surface area contributed by atoms with Crippen molar-refractivity contribution in [3.8, 4) is 5.75 Å². The zero-order valence-electron chi connectivity index (χ0n) is 33.9. The molecule has 21 nitrogen and oxygen atoms in total. The van der Waals surface area contributed by atoms with Crippen molar-refractivity contribution in [3.63, 3.8) is 0 Å². The molecule has 0 aliphatic carbocycles. The van der Waals surface area contributed by atoms with E-state index in [2.05, 4.69) is 60.1 Å². The first-order valence-corrected chi connectivity index (χ1v) is 23.3. The van der Waals surface area contributed by atoms with Gasteiger partial charge in [0.15, 0.2) is 5.75 Å². The van der Waals surface area contributed by atoms with Gasteiger partial charge >= 0.3 is 0 Å². The van der Waals surface area contributed by atoms with Crippen LogP contribution in [0.15, 0.2) is 149 Å². The molecule has 0 unspecified atom stereocenters. The number of likely N-dealkylation sites (N-methyl/N-ethyl adjacent to an activating group) is 1. The third-order valence-electron chi connectivity index (χ3n) is 9.50. The second-order valence-electron chi connectivity index (χ2n) is 13.7. The van der Waals surface area contributed by atoms with E-state index >= 15 is 0 Å². The van der Waals surface area contributed by atoms with Gasteiger partial charge in [0, 0.05) is 24.5 Å². The molecule has 0 saturated carbocycles. The highest BCUT2D eigenvalue weighted by molar-refractivity contribution is 7.86. The van der Waals surface area contributed by atoms with Crippen molar-refractivity contribution in [2.45, 2.75) is 28.5 Å². The number of nitrogen functional groups attached to an aromatic ring is 2. The van der Waals surface area contributed by atoms with Gasteiger partial charge in [0.05, 0.1) is 39.5 Å². The summed E-state index contributed by atoms with van der Waals surface area (Å²) < 4.78 is 105. The van der Waals surface area contributed by atoms with Gasteiger partial charge in [-0.05, 0) is 103 Å². The molecule has 24 heteroatoms. The monoisotopic (exact) mass is 931 g/mol. The van der Waals surface area contributed by atoms with E-state index < -0.39 is 78.6 Å². The lowest BCUT2D eigenvalue weighted by Gasteiger charge is -2.18. The Hall–Kier alpha value is -6.93. The topological polar surface area (TPSA) is 337 Å². The molecule has 0 atom stereocenters. The van der Waals surface area contributed by atoms with Crippen LogP contribution in [-0.2, 0) is 30.4 Å². The number of nitrogens with one attached hydrogen (secondary N) is 2. The number of nitrogens with zero attached hydrogens (tertiary/aromatic N) is 7. The van der Waals surface area contributed by atoms with Crippen molar-refractivity contribution in [1.29, 1.82) is 0 Å². The molecule has 0 saturated heterocycles. The molecule has 6 aromatic carbocycles. The molecule has 64 heavy (non-hydrogen) atoms. The minimum Gasteiger partial charge on any atom is -0.505 e. The quantitative estimate of drug-likeness (QED) is 0.0240. The van der Waals surface area contributed by atoms with Crippen molar-refractivity contribution in [3.05, 3.63) is 103 Å². The molecule has 0 aliphatic heterocycles. The van der Waals surface area contributed by atoms with E-state index in [1.807, 2.05) is 6.07 Å². The first-order valence-electron chi connectivity index (χ1n) is 19.0. The van der Waals surface area contributed by atoms with E-state index in [0.717, 1.165) is 44.0 Å². The summed E-state index contributed by atoms with van der Waals surface area (Å²) in [5.41, 5.74) is 12.7. The number of fused-ring (bicyclic) bond motifs is 1. The minimum atomic E-state index is -5.21. The van der Waals surface area contributed by atoms with E-state index in [1.165, 1.54) is 24.3 Å². The van der Waals surface area contributed by atoms with Gasteiger partial charge in [-0.1, -0.05) is 32.0 Å². The number of phenolic OH excluding ortho intramolecular Hbond substituents is 1. The molecule has 0 spiro atoms. The number of nitrogens with two attached hydrogens (primary N) is 2. The highest BCUT2D eigenvalue weighted by Gasteiger charge is 2.28. The fraction of sp³-hybridized carbons (Fsp3) is 0.150. The molecule has 0 aromatic heterocycles. The predicted octanol–water partition coefficient (Wildman–Crippen LogP) is 9.19. The van der Waals surface area contributed by atoms with Gasteiger partial charge in [0.25, 0.3) is 30.4 Å². The Morgan fingerprint density at radius 3 is 1.75 bits per heavy atom. The van der Waals surface area contributed by atoms with Crippen LogP contribution in [0.4, 0.5) is 62.6 Å². The number of rotatable bonds is 17. The van der Waals surface area contributed by atoms with Crippen LogP contribution >= 0.6 is 0 Å². The summed E-state index contributed by atoms with van der Waals surface area (Å²) in [7, 11) is -15.3. The van der Waals surface area contributed by atoms with Gasteiger partial charge in [0.2, 0.25) is 0 Å². The average Bonchev–Trinajstić information content (AvgIpc) is 3.24. The summed E-state index contributed by atoms with van der Waals surface area (Å²) in [6.07, 6.45) is 0. The van der Waals surface area contributed by atoms with Crippen LogP contribution in [0.1, 0.15) is 13.8 Å². The summed E-state index contributed by atoms with van der Waals surface area (Å²) >= 11 is 0. The SMILES string of the molecule is CCN(CC)CCNc1ccc(N=Nc2ccc(Nc3ccc(N=Nc4c(S(=O)(=O)O)cc5cc(S(=O)(=O)O)c(N=Nc6ccccc6)c(O)c5c4N)cc3S(=O)(=O)O)cc2)c(N)c1. The lowest BCUT2D eigenvalue weighted by molar-refractivity contribution is 0.316. The molecule has 0 amide bonds. The molecule has 0 aliphatic rings. The Morgan fingerprint density at radius 1 is 0.594 bits per heavy atom. The van der Waals surface area contributed by atoms with E-state index in [9.17, 15) is 44.0 Å². The number of phenols is 1. The van der Waals surface area contributed by atoms with Crippen LogP contribution in [0.3, 0.4) is 0 Å². The van der Waals surface area contributed by atoms with Crippen LogP contribution in [0.5, 0.6) is 5.75 Å². The number of anilines is 5. The molecule has 0 radical (unpaired) electrons. The number of hydrogen-bond donors (Lipinski definition) is 8. The molecule has 6 aromatic rings. The van der Waals surface area contributed by atoms with Crippen molar-refractivity contribution in [1.82, 2.24) is 4.90 Å². The maximum atomic E-state index is 12.6. The van der Waals surface area contributed by atoms with Crippen molar-refractivity contribution >= 4 is 104 Å². The maximum Gasteiger partial charge on any atom is 0.296 e. The Kier molecular flexibility index (Phi) is 14.0. The largest absolute Gasteiger partial charge is 0.505 e. The lowest BCUT2D eigenvalue weighted by atomic mass is 10.1. The lowest BCUT2D eigenvalue weighted by Crippen LogP contribution is -2.28. The van der Waals surface area contributed by atoms with Crippen LogP contribution in [0.2, 0.25) is 0 Å². The number of benzene rings is 6. The van der Waals surface area contributed by atoms with E-state index in [-0.39, 0.29) is 17.1 Å². The Labute approximate surface area is 367 Å². The van der Waals surface area contributed by atoms with Gasteiger partial charge in [-0.3, -0.25) is 13.7 Å². The van der Waals surface area contributed by atoms with Crippen LogP contribution in [0.25, 0.3) is 10.8 Å². The smallest absolute Gasteiger partial charge is 0.296 e. The maximum absolute atomic E-state index is 12.6. The molecule has 0 fully saturated rings. The van der Waals surface area contributed by atoms with Crippen LogP contribution < -0.4 is 22.1 Å². The molecule has 10 N–H and O–H groups in total. The zero-order valence-corrected chi connectivity index (χ0v) is 36.3. The molecule has 6 rings (SSSR count). The van der Waals surface area contributed by atoms with Gasteiger partial charge in [-0.25, -0.2) is 0 Å². The summed E-state index contributed by atoms with van der Waals surface area (Å²) in [6.45, 7) is 7.76. The first kappa shape index (κ1) is 46.6. The third-order valence-corrected chi connectivity index (χ3v) is 12.1. The molecular weight excluding hydrogens is 891 g/mol. The Balaban J connectivity index is 1.27. The van der Waals surface area contributed by atoms with E-state index in [1.54, 1.807) is 54.6 Å². The molecule has 0 heterocycles. The van der Waals surface area contributed by atoms with Gasteiger partial charge in [-0.2, -0.15) is 40.6 Å². The first-order chi connectivity index (χ1) is 30.3. The predicted molar refractivity (Wildman–Crippen MR) is 242 cm³/mol. The Morgan fingerprint density at radius 2 is 1.14 bits per heavy atom. The average molecular weight is 932 g/mol. The van der Waals surface area contributed by atoms with Crippen molar-refractivity contribution < 1.29 is 44.0 Å². The third kappa shape index (κ3) is 11.2. The highest BCUT2D eigenvalue weighted by Crippen LogP contribution is 2.48. The van der Waals surface area contributed by atoms with Crippen LogP contribution in [0, 0.1) is 0 Å².